The molecule has 7 nitrogen and oxygen atoms in total. The maximum atomic E-state index is 11.5. The average molecular weight is 447 g/mol. The van der Waals surface area contributed by atoms with Gasteiger partial charge in [-0.3, -0.25) is 14.1 Å². The number of aliphatic carboxylic acids is 2. The molecule has 168 valence electrons. The molecule has 0 fully saturated rings. The predicted molar refractivity (Wildman–Crippen MR) is 116 cm³/mol. The van der Waals surface area contributed by atoms with Crippen LogP contribution >= 0.6 is 0 Å². The number of unbranched alkanes of at least 4 members (excludes halogenated alkanes) is 13. The molecule has 0 saturated heterocycles. The third-order valence-electron chi connectivity index (χ3n) is 5.25. The Labute approximate surface area is 198 Å². The minimum absolute atomic E-state index is 0. The second-order valence-electron chi connectivity index (χ2n) is 7.69. The average Bonchev–Trinajstić information content (AvgIpc) is 2.59. The van der Waals surface area contributed by atoms with E-state index in [1.165, 1.54) is 51.4 Å². The van der Waals surface area contributed by atoms with Gasteiger partial charge in [0.05, 0.1) is 6.42 Å². The molecule has 0 heterocycles. The van der Waals surface area contributed by atoms with Gasteiger partial charge < -0.3 is 10.2 Å². The van der Waals surface area contributed by atoms with E-state index in [4.69, 9.17) is 5.11 Å². The molecule has 0 saturated carbocycles. The van der Waals surface area contributed by atoms with Gasteiger partial charge in [-0.1, -0.05) is 96.8 Å². The van der Waals surface area contributed by atoms with E-state index in [2.05, 4.69) is 6.92 Å². The Balaban J connectivity index is 0. The third-order valence-corrected chi connectivity index (χ3v) is 6.77. The topological polar surface area (TPSA) is 129 Å². The first-order valence-electron chi connectivity index (χ1n) is 10.6. The second kappa shape index (κ2) is 17.5. The SMILES string of the molecule is CCCCCCCCCCCCCCCCC(CC(=O)O)(C(=O)O)S(=O)(=O)O.[NaH]. The molecule has 0 spiro atoms. The van der Waals surface area contributed by atoms with Crippen molar-refractivity contribution in [3.8, 4) is 0 Å². The summed E-state index contributed by atoms with van der Waals surface area (Å²) in [6, 6.07) is 0. The molecule has 0 rings (SSSR count). The van der Waals surface area contributed by atoms with Crippen molar-refractivity contribution in [2.75, 3.05) is 0 Å². The normalized spacial score (nSPS) is 13.4. The van der Waals surface area contributed by atoms with Crippen molar-refractivity contribution in [1.29, 1.82) is 0 Å². The van der Waals surface area contributed by atoms with Crippen LogP contribution in [-0.4, -0.2) is 69.4 Å². The van der Waals surface area contributed by atoms with E-state index in [0.717, 1.165) is 25.7 Å². The molecule has 0 amide bonds. The number of carboxylic acids is 2. The molecule has 0 bridgehead atoms. The Bertz CT molecular complexity index is 551. The fourth-order valence-electron chi connectivity index (χ4n) is 3.45. The Morgan fingerprint density at radius 3 is 1.34 bits per heavy atom. The van der Waals surface area contributed by atoms with E-state index in [1.807, 2.05) is 0 Å². The van der Waals surface area contributed by atoms with Crippen molar-refractivity contribution in [2.45, 2.75) is 114 Å². The molecular weight excluding hydrogens is 407 g/mol. The summed E-state index contributed by atoms with van der Waals surface area (Å²) >= 11 is 0. The van der Waals surface area contributed by atoms with Crippen molar-refractivity contribution in [3.63, 3.8) is 0 Å². The summed E-state index contributed by atoms with van der Waals surface area (Å²) in [5.74, 6) is -3.38. The van der Waals surface area contributed by atoms with Crippen LogP contribution in [0.4, 0.5) is 0 Å². The molecule has 0 aliphatic carbocycles. The molecule has 0 aliphatic rings. The number of hydrogen-bond donors (Lipinski definition) is 3. The molecule has 1 unspecified atom stereocenters. The van der Waals surface area contributed by atoms with Crippen LogP contribution in [0.25, 0.3) is 0 Å². The zero-order chi connectivity index (χ0) is 21.5. The van der Waals surface area contributed by atoms with Gasteiger partial charge in [-0.25, -0.2) is 0 Å². The zero-order valence-corrected chi connectivity index (χ0v) is 18.0. The number of hydrogen-bond acceptors (Lipinski definition) is 4. The summed E-state index contributed by atoms with van der Waals surface area (Å²) in [5, 5.41) is 18.0. The first-order valence-corrected chi connectivity index (χ1v) is 12.0. The summed E-state index contributed by atoms with van der Waals surface area (Å²) in [4.78, 5) is 22.2. The fourth-order valence-corrected chi connectivity index (χ4v) is 4.38. The van der Waals surface area contributed by atoms with Gasteiger partial charge in [0.1, 0.15) is 0 Å². The Morgan fingerprint density at radius 2 is 1.07 bits per heavy atom. The molecule has 9 heteroatoms. The summed E-state index contributed by atoms with van der Waals surface area (Å²) < 4.78 is 29.6. The fraction of sp³-hybridized carbons (Fsp3) is 0.900. The summed E-state index contributed by atoms with van der Waals surface area (Å²) in [6.45, 7) is 2.22. The third kappa shape index (κ3) is 13.7. The summed E-state index contributed by atoms with van der Waals surface area (Å²) in [7, 11) is -5.02. The van der Waals surface area contributed by atoms with Gasteiger partial charge in [-0.15, -0.1) is 0 Å². The Kier molecular flexibility index (Phi) is 18.8. The van der Waals surface area contributed by atoms with E-state index >= 15 is 0 Å². The maximum absolute atomic E-state index is 11.5. The first-order chi connectivity index (χ1) is 13.2. The number of rotatable bonds is 19. The Hall–Kier alpha value is -0.150. The molecule has 0 aromatic carbocycles. The van der Waals surface area contributed by atoms with Gasteiger partial charge in [0, 0.05) is 0 Å². The molecule has 0 radical (unpaired) electrons. The molecule has 0 aromatic heterocycles. The van der Waals surface area contributed by atoms with Gasteiger partial charge >= 0.3 is 41.5 Å². The van der Waals surface area contributed by atoms with Crippen molar-refractivity contribution < 1.29 is 32.8 Å². The number of carbonyl (C=O) groups is 2. The van der Waals surface area contributed by atoms with E-state index in [-0.39, 0.29) is 36.0 Å². The second-order valence-corrected chi connectivity index (χ2v) is 9.42. The van der Waals surface area contributed by atoms with Crippen LogP contribution in [0.5, 0.6) is 0 Å². The van der Waals surface area contributed by atoms with E-state index in [9.17, 15) is 27.7 Å². The van der Waals surface area contributed by atoms with Crippen molar-refractivity contribution in [3.05, 3.63) is 0 Å². The predicted octanol–water partition coefficient (Wildman–Crippen LogP) is 4.40. The van der Waals surface area contributed by atoms with E-state index in [1.54, 1.807) is 0 Å². The first kappa shape index (κ1) is 31.0. The zero-order valence-electron chi connectivity index (χ0n) is 17.2. The molecule has 3 N–H and O–H groups in total. The van der Waals surface area contributed by atoms with Crippen LogP contribution in [-0.2, 0) is 19.7 Å². The molecular formula is C20H39NaO7S. The monoisotopic (exact) mass is 446 g/mol. The van der Waals surface area contributed by atoms with E-state index < -0.39 is 39.6 Å². The van der Waals surface area contributed by atoms with Crippen molar-refractivity contribution in [2.24, 2.45) is 0 Å². The van der Waals surface area contributed by atoms with Crippen LogP contribution in [0, 0.1) is 0 Å². The van der Waals surface area contributed by atoms with E-state index in [0.29, 0.717) is 6.42 Å². The van der Waals surface area contributed by atoms with Crippen molar-refractivity contribution >= 4 is 51.6 Å². The van der Waals surface area contributed by atoms with Crippen molar-refractivity contribution in [1.82, 2.24) is 0 Å². The summed E-state index contributed by atoms with van der Waals surface area (Å²) in [6.07, 6.45) is 13.8. The minimum atomic E-state index is -5.02. The van der Waals surface area contributed by atoms with Gasteiger partial charge in [0.2, 0.25) is 4.75 Å². The summed E-state index contributed by atoms with van der Waals surface area (Å²) in [5.41, 5.74) is 0. The van der Waals surface area contributed by atoms with Crippen LogP contribution in [0.1, 0.15) is 110 Å². The molecule has 29 heavy (non-hydrogen) atoms. The van der Waals surface area contributed by atoms with Gasteiger partial charge in [0.25, 0.3) is 10.1 Å². The molecule has 1 atom stereocenters. The van der Waals surface area contributed by atoms with Crippen LogP contribution in [0.15, 0.2) is 0 Å². The van der Waals surface area contributed by atoms with Crippen LogP contribution < -0.4 is 0 Å². The quantitative estimate of drug-likeness (QED) is 0.152. The van der Waals surface area contributed by atoms with Gasteiger partial charge in [-0.05, 0) is 6.42 Å². The molecule has 0 aliphatic heterocycles. The van der Waals surface area contributed by atoms with Crippen LogP contribution in [0.2, 0.25) is 0 Å². The number of carboxylic acid groups (broad SMARTS) is 2. The van der Waals surface area contributed by atoms with Crippen LogP contribution in [0.3, 0.4) is 0 Å². The molecule has 0 aromatic rings. The Morgan fingerprint density at radius 1 is 0.724 bits per heavy atom. The van der Waals surface area contributed by atoms with Gasteiger partial charge in [0.15, 0.2) is 0 Å². The van der Waals surface area contributed by atoms with Gasteiger partial charge in [-0.2, -0.15) is 8.42 Å². The standard InChI is InChI=1S/C20H38O7S.Na.H/c1-2-3-4-5-6-7-8-9-10-11-12-13-14-15-16-20(19(23)24,17-18(21)22)28(25,26)27;;/h2-17H2,1H3,(H,21,22)(H,23,24)(H,25,26,27);;.